The fourth-order valence-corrected chi connectivity index (χ4v) is 2.01. The van der Waals surface area contributed by atoms with Crippen molar-refractivity contribution in [3.63, 3.8) is 0 Å². The molecule has 2 saturated heterocycles. The van der Waals surface area contributed by atoms with Gasteiger partial charge in [-0.25, -0.2) is 9.69 Å². The first-order valence-electron chi connectivity index (χ1n) is 5.62. The Kier molecular flexibility index (Phi) is 3.40. The second-order valence-electron chi connectivity index (χ2n) is 4.27. The Labute approximate surface area is 94.3 Å². The highest BCUT2D eigenvalue weighted by molar-refractivity contribution is 5.94. The molecule has 90 valence electrons. The normalized spacial score (nSPS) is 23.6. The van der Waals surface area contributed by atoms with E-state index in [4.69, 9.17) is 10.5 Å². The van der Waals surface area contributed by atoms with Gasteiger partial charge < -0.3 is 10.5 Å². The zero-order valence-electron chi connectivity index (χ0n) is 9.22. The van der Waals surface area contributed by atoms with Gasteiger partial charge in [0, 0.05) is 19.1 Å². The maximum Gasteiger partial charge on any atom is 0.416 e. The summed E-state index contributed by atoms with van der Waals surface area (Å²) < 4.78 is 4.72. The third-order valence-corrected chi connectivity index (χ3v) is 3.05. The number of ether oxygens (including phenoxy) is 1. The van der Waals surface area contributed by atoms with Gasteiger partial charge in [0.25, 0.3) is 0 Å². The van der Waals surface area contributed by atoms with Crippen LogP contribution < -0.4 is 5.73 Å². The van der Waals surface area contributed by atoms with Crippen LogP contribution in [0.5, 0.6) is 0 Å². The van der Waals surface area contributed by atoms with E-state index in [-0.39, 0.29) is 11.9 Å². The zero-order chi connectivity index (χ0) is 11.5. The molecule has 2 rings (SSSR count). The molecule has 0 unspecified atom stereocenters. The Balaban J connectivity index is 1.81. The number of nitrogens with zero attached hydrogens (tertiary/aromatic N) is 2. The maximum absolute atomic E-state index is 11.8. The number of carbonyl (C=O) groups is 2. The summed E-state index contributed by atoms with van der Waals surface area (Å²) in [7, 11) is 0. The summed E-state index contributed by atoms with van der Waals surface area (Å²) in [6.45, 7) is 2.65. The Bertz CT molecular complexity index is 287. The van der Waals surface area contributed by atoms with Crippen LogP contribution in [0.1, 0.15) is 12.8 Å². The summed E-state index contributed by atoms with van der Waals surface area (Å²) in [5.74, 6) is -0.169. The van der Waals surface area contributed by atoms with Crippen molar-refractivity contribution >= 4 is 12.0 Å². The number of nitrogens with two attached hydrogens (primary N) is 1. The molecule has 0 radical (unpaired) electrons. The number of piperidine rings is 1. The van der Waals surface area contributed by atoms with Gasteiger partial charge in [0.15, 0.2) is 0 Å². The van der Waals surface area contributed by atoms with Gasteiger partial charge >= 0.3 is 6.09 Å². The average molecular weight is 227 g/mol. The van der Waals surface area contributed by atoms with Crippen molar-refractivity contribution in [1.82, 2.24) is 9.80 Å². The fourth-order valence-electron chi connectivity index (χ4n) is 2.01. The Morgan fingerprint density at radius 2 is 2.06 bits per heavy atom. The van der Waals surface area contributed by atoms with Crippen molar-refractivity contribution in [1.29, 1.82) is 0 Å². The van der Waals surface area contributed by atoms with Gasteiger partial charge in [0.05, 0.1) is 13.1 Å². The number of carbonyl (C=O) groups excluding carboxylic acids is 2. The highest BCUT2D eigenvalue weighted by Crippen LogP contribution is 2.10. The molecule has 0 atom stereocenters. The molecule has 6 heteroatoms. The second-order valence-corrected chi connectivity index (χ2v) is 4.27. The first-order chi connectivity index (χ1) is 7.66. The van der Waals surface area contributed by atoms with Crippen LogP contribution >= 0.6 is 0 Å². The standard InChI is InChI=1S/C10H17N3O3/c11-8-1-3-12(4-2-8)7-9(14)13-5-6-16-10(13)15/h8H,1-7,11H2. The van der Waals surface area contributed by atoms with Crippen LogP contribution in [-0.2, 0) is 9.53 Å². The Morgan fingerprint density at radius 3 is 2.62 bits per heavy atom. The molecule has 0 aromatic carbocycles. The van der Waals surface area contributed by atoms with Gasteiger partial charge in [-0.2, -0.15) is 0 Å². The van der Waals surface area contributed by atoms with Crippen molar-refractivity contribution in [3.8, 4) is 0 Å². The number of hydrogen-bond acceptors (Lipinski definition) is 5. The quantitative estimate of drug-likeness (QED) is 0.681. The van der Waals surface area contributed by atoms with E-state index in [1.807, 2.05) is 4.90 Å². The van der Waals surface area contributed by atoms with E-state index in [1.54, 1.807) is 0 Å². The largest absolute Gasteiger partial charge is 0.447 e. The lowest BCUT2D eigenvalue weighted by Gasteiger charge is -2.30. The SMILES string of the molecule is NC1CCN(CC(=O)N2CCOC2=O)CC1. The molecule has 2 aliphatic heterocycles. The van der Waals surface area contributed by atoms with Gasteiger partial charge in [-0.15, -0.1) is 0 Å². The van der Waals surface area contributed by atoms with Gasteiger partial charge in [-0.1, -0.05) is 0 Å². The number of rotatable bonds is 2. The van der Waals surface area contributed by atoms with Crippen molar-refractivity contribution in [2.75, 3.05) is 32.8 Å². The molecule has 0 bridgehead atoms. The van der Waals surface area contributed by atoms with Crippen LogP contribution in [0.4, 0.5) is 4.79 Å². The fraction of sp³-hybridized carbons (Fsp3) is 0.800. The van der Waals surface area contributed by atoms with Crippen molar-refractivity contribution in [2.45, 2.75) is 18.9 Å². The van der Waals surface area contributed by atoms with Crippen molar-refractivity contribution in [2.24, 2.45) is 5.73 Å². The third kappa shape index (κ3) is 2.51. The van der Waals surface area contributed by atoms with E-state index in [0.717, 1.165) is 25.9 Å². The van der Waals surface area contributed by atoms with E-state index < -0.39 is 6.09 Å². The molecule has 0 aromatic rings. The van der Waals surface area contributed by atoms with Gasteiger partial charge in [-0.3, -0.25) is 9.69 Å². The van der Waals surface area contributed by atoms with Crippen LogP contribution in [0.25, 0.3) is 0 Å². The lowest BCUT2D eigenvalue weighted by molar-refractivity contribution is -0.129. The minimum Gasteiger partial charge on any atom is -0.447 e. The minimum atomic E-state index is -0.515. The number of cyclic esters (lactones) is 1. The maximum atomic E-state index is 11.8. The summed E-state index contributed by atoms with van der Waals surface area (Å²) in [5, 5.41) is 0. The molecule has 16 heavy (non-hydrogen) atoms. The summed E-state index contributed by atoms with van der Waals surface area (Å²) >= 11 is 0. The number of likely N-dealkylation sites (tertiary alicyclic amines) is 1. The van der Waals surface area contributed by atoms with Crippen molar-refractivity contribution in [3.05, 3.63) is 0 Å². The predicted molar refractivity (Wildman–Crippen MR) is 56.7 cm³/mol. The first-order valence-corrected chi connectivity index (χ1v) is 5.62. The second kappa shape index (κ2) is 4.80. The number of hydrogen-bond donors (Lipinski definition) is 1. The third-order valence-electron chi connectivity index (χ3n) is 3.05. The summed E-state index contributed by atoms with van der Waals surface area (Å²) in [6, 6.07) is 0.253. The Morgan fingerprint density at radius 1 is 1.38 bits per heavy atom. The summed E-state index contributed by atoms with van der Waals surface area (Å²) in [4.78, 5) is 26.1. The summed E-state index contributed by atoms with van der Waals surface area (Å²) in [5.41, 5.74) is 5.78. The molecule has 0 aliphatic carbocycles. The van der Waals surface area contributed by atoms with Gasteiger partial charge in [-0.05, 0) is 12.8 Å². The molecular formula is C10H17N3O3. The highest BCUT2D eigenvalue weighted by Gasteiger charge is 2.29. The first kappa shape index (κ1) is 11.3. The molecule has 0 spiro atoms. The molecule has 6 nitrogen and oxygen atoms in total. The van der Waals surface area contributed by atoms with Crippen molar-refractivity contribution < 1.29 is 14.3 Å². The van der Waals surface area contributed by atoms with Crippen LogP contribution in [-0.4, -0.2) is 60.6 Å². The lowest BCUT2D eigenvalue weighted by atomic mass is 10.1. The van der Waals surface area contributed by atoms with E-state index in [1.165, 1.54) is 4.90 Å². The van der Waals surface area contributed by atoms with Crippen LogP contribution in [0.3, 0.4) is 0 Å². The van der Waals surface area contributed by atoms with E-state index in [9.17, 15) is 9.59 Å². The highest BCUT2D eigenvalue weighted by atomic mass is 16.6. The van der Waals surface area contributed by atoms with Gasteiger partial charge in [0.1, 0.15) is 6.61 Å². The van der Waals surface area contributed by atoms with Crippen LogP contribution in [0.15, 0.2) is 0 Å². The van der Waals surface area contributed by atoms with E-state index in [2.05, 4.69) is 0 Å². The van der Waals surface area contributed by atoms with Crippen LogP contribution in [0, 0.1) is 0 Å². The number of imide groups is 1. The molecule has 2 N–H and O–H groups in total. The van der Waals surface area contributed by atoms with E-state index in [0.29, 0.717) is 19.7 Å². The molecule has 2 amide bonds. The molecule has 0 aromatic heterocycles. The average Bonchev–Trinajstić information content (AvgIpc) is 2.68. The summed E-state index contributed by atoms with van der Waals surface area (Å²) in [6.07, 6.45) is 1.31. The lowest BCUT2D eigenvalue weighted by Crippen LogP contribution is -2.46. The zero-order valence-corrected chi connectivity index (χ0v) is 9.22. The minimum absolute atomic E-state index is 0.169. The molecular weight excluding hydrogens is 210 g/mol. The molecule has 2 heterocycles. The van der Waals surface area contributed by atoms with Crippen LogP contribution in [0.2, 0.25) is 0 Å². The smallest absolute Gasteiger partial charge is 0.416 e. The van der Waals surface area contributed by atoms with Gasteiger partial charge in [0.2, 0.25) is 5.91 Å². The van der Waals surface area contributed by atoms with E-state index >= 15 is 0 Å². The molecule has 0 saturated carbocycles. The Hall–Kier alpha value is -1.14. The monoisotopic (exact) mass is 227 g/mol. The molecule has 2 fully saturated rings. The number of amides is 2. The topological polar surface area (TPSA) is 75.9 Å². The predicted octanol–water partition coefficient (Wildman–Crippen LogP) is -0.612. The molecule has 2 aliphatic rings.